The van der Waals surface area contributed by atoms with Crippen LogP contribution in [0.25, 0.3) is 111 Å². The van der Waals surface area contributed by atoms with Crippen molar-refractivity contribution in [3.05, 3.63) is 188 Å². The third kappa shape index (κ3) is 5.34. The summed E-state index contributed by atoms with van der Waals surface area (Å²) in [6.45, 7) is 0. The molecule has 55 heavy (non-hydrogen) atoms. The van der Waals surface area contributed by atoms with Crippen LogP contribution >= 0.6 is 0 Å². The summed E-state index contributed by atoms with van der Waals surface area (Å²) in [4.78, 5) is 15.6. The maximum Gasteiger partial charge on any atom is 0.167 e. The molecule has 9 aromatic carbocycles. The molecule has 0 bridgehead atoms. The zero-order valence-corrected chi connectivity index (χ0v) is 29.6. The van der Waals surface area contributed by atoms with Crippen LogP contribution in [0.3, 0.4) is 0 Å². The summed E-state index contributed by atoms with van der Waals surface area (Å²) in [5, 5.41) is 9.08. The Hall–Kier alpha value is -7.43. The lowest BCUT2D eigenvalue weighted by Crippen LogP contribution is -2.01. The third-order valence-electron chi connectivity index (χ3n) is 10.7. The topological polar surface area (TPSA) is 51.8 Å². The van der Waals surface area contributed by atoms with Crippen molar-refractivity contribution in [3.63, 3.8) is 0 Å². The van der Waals surface area contributed by atoms with Crippen LogP contribution in [0, 0.1) is 0 Å². The van der Waals surface area contributed by atoms with E-state index in [-0.39, 0.29) is 0 Å². The standard InChI is InChI=1S/C51H31N3O/c1-2-14-37(15-3-1)49-52-50(43-20-10-17-35-12-6-8-18-41(35)43)54-51(53-49)45-31-40(30-44-47-42-19-9-7-13-36(42)27-28-46(47)55-48(44)45)34-23-21-33(22-24-34)39-26-25-32-11-4-5-16-38(32)29-39/h1-31H. The van der Waals surface area contributed by atoms with Gasteiger partial charge >= 0.3 is 0 Å². The van der Waals surface area contributed by atoms with Crippen molar-refractivity contribution < 1.29 is 4.42 Å². The Labute approximate surface area is 317 Å². The summed E-state index contributed by atoms with van der Waals surface area (Å²) in [6, 6.07) is 65.9. The zero-order valence-electron chi connectivity index (χ0n) is 29.6. The maximum absolute atomic E-state index is 6.81. The lowest BCUT2D eigenvalue weighted by Gasteiger charge is -2.12. The highest BCUT2D eigenvalue weighted by Gasteiger charge is 2.21. The van der Waals surface area contributed by atoms with Crippen molar-refractivity contribution in [2.45, 2.75) is 0 Å². The minimum absolute atomic E-state index is 0.555. The number of nitrogens with zero attached hydrogens (tertiary/aromatic N) is 3. The molecule has 0 atom stereocenters. The average molecular weight is 702 g/mol. The van der Waals surface area contributed by atoms with Crippen LogP contribution in [-0.2, 0) is 0 Å². The van der Waals surface area contributed by atoms with Crippen LogP contribution in [0.5, 0.6) is 0 Å². The first-order valence-corrected chi connectivity index (χ1v) is 18.5. The van der Waals surface area contributed by atoms with Crippen molar-refractivity contribution in [1.29, 1.82) is 0 Å². The predicted octanol–water partition coefficient (Wildman–Crippen LogP) is 13.6. The van der Waals surface area contributed by atoms with Crippen LogP contribution in [-0.4, -0.2) is 15.0 Å². The molecule has 0 fully saturated rings. The van der Waals surface area contributed by atoms with Gasteiger partial charge in [0.05, 0.1) is 5.56 Å². The Kier molecular flexibility index (Phi) is 7.14. The number of aromatic nitrogens is 3. The average Bonchev–Trinajstić information content (AvgIpc) is 3.65. The molecule has 256 valence electrons. The Morgan fingerprint density at radius 2 is 0.891 bits per heavy atom. The molecule has 0 saturated heterocycles. The quantitative estimate of drug-likeness (QED) is 0.179. The van der Waals surface area contributed by atoms with E-state index >= 15 is 0 Å². The first-order chi connectivity index (χ1) is 27.2. The number of rotatable bonds is 5. The molecule has 0 N–H and O–H groups in total. The highest BCUT2D eigenvalue weighted by molar-refractivity contribution is 6.21. The molecule has 0 saturated carbocycles. The first-order valence-electron chi connectivity index (χ1n) is 18.5. The van der Waals surface area contributed by atoms with E-state index in [2.05, 4.69) is 158 Å². The SMILES string of the molecule is c1ccc(-c2nc(-c3cccc4ccccc34)nc(-c3cc(-c4ccc(-c5ccc6ccccc6c5)cc4)cc4c3oc3ccc5ccccc5c34)n2)cc1. The van der Waals surface area contributed by atoms with Crippen LogP contribution in [0.4, 0.5) is 0 Å². The van der Waals surface area contributed by atoms with E-state index in [1.165, 1.54) is 21.9 Å². The second-order valence-corrected chi connectivity index (χ2v) is 14.0. The molecule has 4 heteroatoms. The van der Waals surface area contributed by atoms with Gasteiger partial charge in [0.1, 0.15) is 11.2 Å². The van der Waals surface area contributed by atoms with Crippen LogP contribution in [0.15, 0.2) is 192 Å². The van der Waals surface area contributed by atoms with E-state index in [9.17, 15) is 0 Å². The largest absolute Gasteiger partial charge is 0.455 e. The fourth-order valence-corrected chi connectivity index (χ4v) is 7.96. The van der Waals surface area contributed by atoms with Gasteiger partial charge in [0.15, 0.2) is 17.5 Å². The first kappa shape index (κ1) is 31.1. The zero-order chi connectivity index (χ0) is 36.3. The number of fused-ring (bicyclic) bond motifs is 7. The Morgan fingerprint density at radius 1 is 0.309 bits per heavy atom. The number of furan rings is 1. The van der Waals surface area contributed by atoms with Gasteiger partial charge in [-0.1, -0.05) is 164 Å². The van der Waals surface area contributed by atoms with E-state index in [0.717, 1.165) is 71.3 Å². The Morgan fingerprint density at radius 3 is 1.69 bits per heavy atom. The summed E-state index contributed by atoms with van der Waals surface area (Å²) in [7, 11) is 0. The molecule has 0 spiro atoms. The molecular weight excluding hydrogens is 671 g/mol. The van der Waals surface area contributed by atoms with E-state index < -0.39 is 0 Å². The third-order valence-corrected chi connectivity index (χ3v) is 10.7. The summed E-state index contributed by atoms with van der Waals surface area (Å²) in [5.41, 5.74) is 8.75. The van der Waals surface area contributed by atoms with Gasteiger partial charge in [-0.3, -0.25) is 0 Å². The van der Waals surface area contributed by atoms with Crippen molar-refractivity contribution in [1.82, 2.24) is 15.0 Å². The summed E-state index contributed by atoms with van der Waals surface area (Å²) < 4.78 is 6.81. The molecule has 2 aromatic heterocycles. The number of hydrogen-bond donors (Lipinski definition) is 0. The predicted molar refractivity (Wildman–Crippen MR) is 227 cm³/mol. The molecule has 0 aliphatic rings. The lowest BCUT2D eigenvalue weighted by atomic mass is 9.95. The molecule has 2 heterocycles. The molecule has 0 aliphatic carbocycles. The van der Waals surface area contributed by atoms with Gasteiger partial charge in [0.25, 0.3) is 0 Å². The highest BCUT2D eigenvalue weighted by atomic mass is 16.3. The van der Waals surface area contributed by atoms with E-state index in [1.54, 1.807) is 0 Å². The van der Waals surface area contributed by atoms with Crippen LogP contribution < -0.4 is 0 Å². The Balaban J connectivity index is 1.16. The van der Waals surface area contributed by atoms with Crippen LogP contribution in [0.1, 0.15) is 0 Å². The van der Waals surface area contributed by atoms with Gasteiger partial charge in [0, 0.05) is 21.9 Å². The molecular formula is C51H31N3O. The normalized spacial score (nSPS) is 11.6. The van der Waals surface area contributed by atoms with Crippen LogP contribution in [0.2, 0.25) is 0 Å². The van der Waals surface area contributed by atoms with E-state index in [4.69, 9.17) is 19.4 Å². The molecule has 0 aliphatic heterocycles. The highest BCUT2D eigenvalue weighted by Crippen LogP contribution is 2.42. The Bertz CT molecular complexity index is 3250. The molecule has 11 aromatic rings. The summed E-state index contributed by atoms with van der Waals surface area (Å²) in [6.07, 6.45) is 0. The van der Waals surface area contributed by atoms with Crippen molar-refractivity contribution in [2.75, 3.05) is 0 Å². The van der Waals surface area contributed by atoms with Crippen molar-refractivity contribution in [3.8, 4) is 56.4 Å². The van der Waals surface area contributed by atoms with Crippen molar-refractivity contribution >= 4 is 54.3 Å². The second kappa shape index (κ2) is 12.6. The van der Waals surface area contributed by atoms with Gasteiger partial charge in [-0.2, -0.15) is 0 Å². The second-order valence-electron chi connectivity index (χ2n) is 14.0. The molecule has 4 nitrogen and oxygen atoms in total. The monoisotopic (exact) mass is 701 g/mol. The summed E-state index contributed by atoms with van der Waals surface area (Å²) in [5.74, 6) is 1.77. The smallest absolute Gasteiger partial charge is 0.167 e. The van der Waals surface area contributed by atoms with Gasteiger partial charge in [-0.05, 0) is 78.8 Å². The van der Waals surface area contributed by atoms with Gasteiger partial charge < -0.3 is 4.42 Å². The minimum Gasteiger partial charge on any atom is -0.455 e. The van der Waals surface area contributed by atoms with E-state index in [1.807, 2.05) is 30.3 Å². The lowest BCUT2D eigenvalue weighted by molar-refractivity contribution is 0.670. The fraction of sp³-hybridized carbons (Fsp3) is 0. The maximum atomic E-state index is 6.81. The van der Waals surface area contributed by atoms with E-state index in [0.29, 0.717) is 17.5 Å². The molecule has 0 amide bonds. The van der Waals surface area contributed by atoms with Gasteiger partial charge in [-0.15, -0.1) is 0 Å². The molecule has 11 rings (SSSR count). The number of benzene rings is 9. The van der Waals surface area contributed by atoms with Crippen molar-refractivity contribution in [2.24, 2.45) is 0 Å². The molecule has 0 radical (unpaired) electrons. The number of hydrogen-bond acceptors (Lipinski definition) is 4. The summed E-state index contributed by atoms with van der Waals surface area (Å²) >= 11 is 0. The minimum atomic E-state index is 0.555. The molecule has 0 unspecified atom stereocenters. The van der Waals surface area contributed by atoms with Gasteiger partial charge in [-0.25, -0.2) is 15.0 Å². The van der Waals surface area contributed by atoms with Gasteiger partial charge in [0.2, 0.25) is 0 Å². The fourth-order valence-electron chi connectivity index (χ4n) is 7.96.